The zero-order chi connectivity index (χ0) is 14.2. The zero-order valence-electron chi connectivity index (χ0n) is 9.93. The fourth-order valence-corrected chi connectivity index (χ4v) is 2.29. The molecule has 1 saturated heterocycles. The lowest BCUT2D eigenvalue weighted by Crippen LogP contribution is -2.28. The van der Waals surface area contributed by atoms with Crippen LogP contribution in [0.5, 0.6) is 0 Å². The number of hydrogen-bond acceptors (Lipinski definition) is 3. The van der Waals surface area contributed by atoms with Gasteiger partial charge in [0.25, 0.3) is 0 Å². The molecule has 0 aromatic heterocycles. The van der Waals surface area contributed by atoms with E-state index in [1.54, 1.807) is 6.07 Å². The Morgan fingerprint density at radius 2 is 2.00 bits per heavy atom. The Morgan fingerprint density at radius 3 is 2.47 bits per heavy atom. The molecule has 0 unspecified atom stereocenters. The van der Waals surface area contributed by atoms with Crippen molar-refractivity contribution in [2.24, 2.45) is 17.4 Å². The Morgan fingerprint density at radius 1 is 1.32 bits per heavy atom. The summed E-state index contributed by atoms with van der Waals surface area (Å²) >= 11 is 5.92. The van der Waals surface area contributed by atoms with Crippen molar-refractivity contribution >= 4 is 35.0 Å². The van der Waals surface area contributed by atoms with E-state index in [0.717, 1.165) is 0 Å². The maximum absolute atomic E-state index is 11.8. The molecule has 0 spiro atoms. The quantitative estimate of drug-likeness (QED) is 0.831. The van der Waals surface area contributed by atoms with E-state index in [1.165, 1.54) is 17.0 Å². The van der Waals surface area contributed by atoms with Gasteiger partial charge in [-0.05, 0) is 18.2 Å². The van der Waals surface area contributed by atoms with E-state index in [-0.39, 0.29) is 29.5 Å². The molecule has 0 radical (unpaired) electrons. The van der Waals surface area contributed by atoms with Crippen LogP contribution in [-0.4, -0.2) is 24.3 Å². The highest BCUT2D eigenvalue weighted by atomic mass is 35.5. The van der Waals surface area contributed by atoms with Crippen molar-refractivity contribution in [1.29, 1.82) is 0 Å². The average Bonchev–Trinajstić information content (AvgIpc) is 2.71. The molecule has 1 atom stereocenters. The number of carbonyl (C=O) groups excluding carboxylic acids is 3. The molecule has 1 aliphatic heterocycles. The summed E-state index contributed by atoms with van der Waals surface area (Å²) in [6.45, 7) is 0.223. The molecule has 100 valence electrons. The topological polar surface area (TPSA) is 106 Å². The van der Waals surface area contributed by atoms with E-state index >= 15 is 0 Å². The average molecular weight is 282 g/mol. The van der Waals surface area contributed by atoms with Gasteiger partial charge >= 0.3 is 0 Å². The first-order chi connectivity index (χ1) is 8.90. The van der Waals surface area contributed by atoms with Gasteiger partial charge in [-0.3, -0.25) is 14.4 Å². The third-order valence-electron chi connectivity index (χ3n) is 3.06. The fourth-order valence-electron chi connectivity index (χ4n) is 2.02. The van der Waals surface area contributed by atoms with Crippen LogP contribution in [0.4, 0.5) is 5.69 Å². The zero-order valence-corrected chi connectivity index (χ0v) is 10.7. The summed E-state index contributed by atoms with van der Waals surface area (Å²) in [6, 6.07) is 4.49. The summed E-state index contributed by atoms with van der Waals surface area (Å²) < 4.78 is 0. The molecular formula is C12H12ClN3O3. The number of nitrogens with zero attached hydrogens (tertiary/aromatic N) is 1. The van der Waals surface area contributed by atoms with Gasteiger partial charge in [-0.2, -0.15) is 0 Å². The number of hydrogen-bond donors (Lipinski definition) is 2. The van der Waals surface area contributed by atoms with E-state index in [2.05, 4.69) is 0 Å². The van der Waals surface area contributed by atoms with Crippen molar-refractivity contribution in [2.75, 3.05) is 11.4 Å². The van der Waals surface area contributed by atoms with Crippen LogP contribution in [0.3, 0.4) is 0 Å². The van der Waals surface area contributed by atoms with E-state index in [9.17, 15) is 14.4 Å². The standard InChI is InChI=1S/C12H12ClN3O3/c13-9-4-7(1-2-8(9)12(15)19)16-5-6(11(14)18)3-10(16)17/h1-2,4,6H,3,5H2,(H2,14,18)(H2,15,19)/t6-/m0/s1. The molecule has 1 aliphatic rings. The normalized spacial score (nSPS) is 18.7. The second kappa shape index (κ2) is 4.89. The predicted octanol–water partition coefficient (Wildman–Crippen LogP) is 0.277. The minimum Gasteiger partial charge on any atom is -0.369 e. The third kappa shape index (κ3) is 2.53. The third-order valence-corrected chi connectivity index (χ3v) is 3.37. The molecule has 4 N–H and O–H groups in total. The number of carbonyl (C=O) groups is 3. The van der Waals surface area contributed by atoms with Gasteiger partial charge in [0.2, 0.25) is 17.7 Å². The number of benzene rings is 1. The van der Waals surface area contributed by atoms with Crippen molar-refractivity contribution in [3.05, 3.63) is 28.8 Å². The predicted molar refractivity (Wildman–Crippen MR) is 69.6 cm³/mol. The largest absolute Gasteiger partial charge is 0.369 e. The fraction of sp³-hybridized carbons (Fsp3) is 0.250. The molecule has 1 aromatic carbocycles. The monoisotopic (exact) mass is 281 g/mol. The summed E-state index contributed by atoms with van der Waals surface area (Å²) in [4.78, 5) is 35.4. The van der Waals surface area contributed by atoms with Gasteiger partial charge < -0.3 is 16.4 Å². The molecule has 0 aliphatic carbocycles. The molecule has 7 heteroatoms. The minimum absolute atomic E-state index is 0.0878. The van der Waals surface area contributed by atoms with Crippen LogP contribution in [0.2, 0.25) is 5.02 Å². The smallest absolute Gasteiger partial charge is 0.250 e. The van der Waals surface area contributed by atoms with Crippen molar-refractivity contribution in [1.82, 2.24) is 0 Å². The molecule has 19 heavy (non-hydrogen) atoms. The summed E-state index contributed by atoms with van der Waals surface area (Å²) in [5.74, 6) is -1.84. The lowest BCUT2D eigenvalue weighted by atomic mass is 10.1. The second-order valence-electron chi connectivity index (χ2n) is 4.34. The SMILES string of the molecule is NC(=O)c1ccc(N2C[C@@H](C(N)=O)CC2=O)cc1Cl. The Hall–Kier alpha value is -2.08. The first kappa shape index (κ1) is 13.4. The van der Waals surface area contributed by atoms with Crippen LogP contribution in [0.15, 0.2) is 18.2 Å². The van der Waals surface area contributed by atoms with Crippen molar-refractivity contribution in [2.45, 2.75) is 6.42 Å². The van der Waals surface area contributed by atoms with Gasteiger partial charge in [0.1, 0.15) is 0 Å². The van der Waals surface area contributed by atoms with Crippen LogP contribution >= 0.6 is 11.6 Å². The molecule has 1 heterocycles. The van der Waals surface area contributed by atoms with Gasteiger partial charge in [0.15, 0.2) is 0 Å². The van der Waals surface area contributed by atoms with Gasteiger partial charge in [-0.15, -0.1) is 0 Å². The van der Waals surface area contributed by atoms with E-state index in [0.29, 0.717) is 5.69 Å². The van der Waals surface area contributed by atoms with Crippen LogP contribution in [0.1, 0.15) is 16.8 Å². The summed E-state index contributed by atoms with van der Waals surface area (Å²) in [5.41, 5.74) is 11.0. The van der Waals surface area contributed by atoms with Gasteiger partial charge in [-0.1, -0.05) is 11.6 Å². The maximum Gasteiger partial charge on any atom is 0.250 e. The maximum atomic E-state index is 11.8. The lowest BCUT2D eigenvalue weighted by molar-refractivity contribution is -0.123. The number of halogens is 1. The van der Waals surface area contributed by atoms with Gasteiger partial charge in [0.05, 0.1) is 16.5 Å². The Balaban J connectivity index is 2.28. The Kier molecular flexibility index (Phi) is 3.44. The number of nitrogens with two attached hydrogens (primary N) is 2. The van der Waals surface area contributed by atoms with Crippen LogP contribution in [-0.2, 0) is 9.59 Å². The van der Waals surface area contributed by atoms with E-state index in [4.69, 9.17) is 23.1 Å². The molecule has 2 rings (SSSR count). The van der Waals surface area contributed by atoms with Crippen molar-refractivity contribution in [3.63, 3.8) is 0 Å². The molecule has 0 bridgehead atoms. The highest BCUT2D eigenvalue weighted by Crippen LogP contribution is 2.28. The number of primary amides is 2. The summed E-state index contributed by atoms with van der Waals surface area (Å²) in [7, 11) is 0. The summed E-state index contributed by atoms with van der Waals surface area (Å²) in [5, 5.41) is 0.167. The molecular weight excluding hydrogens is 270 g/mol. The van der Waals surface area contributed by atoms with Crippen LogP contribution < -0.4 is 16.4 Å². The van der Waals surface area contributed by atoms with Gasteiger partial charge in [-0.25, -0.2) is 0 Å². The van der Waals surface area contributed by atoms with Crippen LogP contribution in [0, 0.1) is 5.92 Å². The minimum atomic E-state index is -0.640. The Labute approximate surface area is 114 Å². The molecule has 1 aromatic rings. The Bertz CT molecular complexity index is 573. The lowest BCUT2D eigenvalue weighted by Gasteiger charge is -2.17. The first-order valence-electron chi connectivity index (χ1n) is 5.59. The van der Waals surface area contributed by atoms with Crippen molar-refractivity contribution in [3.8, 4) is 0 Å². The van der Waals surface area contributed by atoms with Gasteiger partial charge in [0, 0.05) is 18.7 Å². The van der Waals surface area contributed by atoms with Crippen LogP contribution in [0.25, 0.3) is 0 Å². The second-order valence-corrected chi connectivity index (χ2v) is 4.74. The molecule has 1 fully saturated rings. The highest BCUT2D eigenvalue weighted by molar-refractivity contribution is 6.34. The summed E-state index contributed by atoms with van der Waals surface area (Å²) in [6.07, 6.45) is 0.0878. The van der Waals surface area contributed by atoms with Crippen molar-refractivity contribution < 1.29 is 14.4 Å². The van der Waals surface area contributed by atoms with E-state index in [1.807, 2.05) is 0 Å². The molecule has 0 saturated carbocycles. The number of anilines is 1. The molecule has 6 nitrogen and oxygen atoms in total. The van der Waals surface area contributed by atoms with E-state index < -0.39 is 17.7 Å². The number of amides is 3. The first-order valence-corrected chi connectivity index (χ1v) is 5.97. The highest BCUT2D eigenvalue weighted by Gasteiger charge is 2.34. The molecule has 3 amide bonds. The number of rotatable bonds is 3.